The van der Waals surface area contributed by atoms with Crippen molar-refractivity contribution in [1.29, 1.82) is 0 Å². The molecule has 2 aromatic rings. The molecule has 142 valence electrons. The van der Waals surface area contributed by atoms with Crippen molar-refractivity contribution in [3.05, 3.63) is 53.6 Å². The molecule has 2 rings (SSSR count). The normalized spacial score (nSPS) is 11.0. The maximum Gasteiger partial charge on any atom is 0.317 e. The predicted octanol–water partition coefficient (Wildman–Crippen LogP) is 3.79. The van der Waals surface area contributed by atoms with E-state index in [-0.39, 0.29) is 6.03 Å². The highest BCUT2D eigenvalue weighted by Gasteiger charge is 2.17. The lowest BCUT2D eigenvalue weighted by molar-refractivity contribution is 0.185. The molecule has 0 bridgehead atoms. The minimum atomic E-state index is -0.871. The zero-order valence-corrected chi connectivity index (χ0v) is 15.5. The minimum Gasteiger partial charge on any atom is -0.338 e. The minimum absolute atomic E-state index is 0.122. The van der Waals surface area contributed by atoms with Crippen LogP contribution < -0.4 is 5.32 Å². The van der Waals surface area contributed by atoms with Crippen molar-refractivity contribution in [2.75, 3.05) is 13.1 Å². The SMILES string of the molecule is CCCNC(=O)N(Cc1nccn1Cc1ccc(F)c(F)c1)CC(C)C. The molecule has 0 fully saturated rings. The van der Waals surface area contributed by atoms with Crippen LogP contribution in [0, 0.1) is 17.6 Å². The number of aromatic nitrogens is 2. The largest absolute Gasteiger partial charge is 0.338 e. The van der Waals surface area contributed by atoms with Gasteiger partial charge in [-0.15, -0.1) is 0 Å². The van der Waals surface area contributed by atoms with E-state index in [1.54, 1.807) is 23.4 Å². The second kappa shape index (κ2) is 9.31. The molecule has 5 nitrogen and oxygen atoms in total. The van der Waals surface area contributed by atoms with Gasteiger partial charge in [0.25, 0.3) is 0 Å². The highest BCUT2D eigenvalue weighted by molar-refractivity contribution is 5.74. The van der Waals surface area contributed by atoms with E-state index in [4.69, 9.17) is 0 Å². The maximum atomic E-state index is 13.4. The summed E-state index contributed by atoms with van der Waals surface area (Å²) in [6, 6.07) is 3.72. The molecule has 7 heteroatoms. The molecule has 0 unspecified atom stereocenters. The van der Waals surface area contributed by atoms with Crippen molar-refractivity contribution in [2.45, 2.75) is 40.3 Å². The topological polar surface area (TPSA) is 50.2 Å². The van der Waals surface area contributed by atoms with E-state index >= 15 is 0 Å². The van der Waals surface area contributed by atoms with Crippen molar-refractivity contribution in [3.63, 3.8) is 0 Å². The molecular weight excluding hydrogens is 338 g/mol. The Morgan fingerprint density at radius 3 is 2.73 bits per heavy atom. The fourth-order valence-corrected chi connectivity index (χ4v) is 2.64. The first-order valence-electron chi connectivity index (χ1n) is 8.87. The Morgan fingerprint density at radius 1 is 1.31 bits per heavy atom. The Balaban J connectivity index is 2.13. The van der Waals surface area contributed by atoms with Gasteiger partial charge in [-0.2, -0.15) is 0 Å². The van der Waals surface area contributed by atoms with Crippen LogP contribution in [0.3, 0.4) is 0 Å². The Kier molecular flexibility index (Phi) is 7.12. The lowest BCUT2D eigenvalue weighted by Gasteiger charge is -2.25. The molecule has 0 atom stereocenters. The Bertz CT molecular complexity index is 730. The van der Waals surface area contributed by atoms with Gasteiger partial charge in [0.2, 0.25) is 0 Å². The number of carbonyl (C=O) groups excluding carboxylic acids is 1. The summed E-state index contributed by atoms with van der Waals surface area (Å²) in [6.07, 6.45) is 4.28. The third kappa shape index (κ3) is 5.54. The fraction of sp³-hybridized carbons (Fsp3) is 0.474. The standard InChI is InChI=1S/C19H26F2N4O/c1-4-7-23-19(26)25(11-14(2)3)13-18-22-8-9-24(18)12-15-5-6-16(20)17(21)10-15/h5-6,8-10,14H,4,7,11-13H2,1-3H3,(H,23,26). The van der Waals surface area contributed by atoms with Crippen LogP contribution >= 0.6 is 0 Å². The Hall–Kier alpha value is -2.44. The average Bonchev–Trinajstić information content (AvgIpc) is 3.02. The number of hydrogen-bond donors (Lipinski definition) is 1. The van der Waals surface area contributed by atoms with Crippen LogP contribution in [0.4, 0.5) is 13.6 Å². The van der Waals surface area contributed by atoms with Gasteiger partial charge in [-0.25, -0.2) is 18.6 Å². The van der Waals surface area contributed by atoms with Gasteiger partial charge in [0.05, 0.1) is 6.54 Å². The first-order valence-corrected chi connectivity index (χ1v) is 8.87. The van der Waals surface area contributed by atoms with Crippen LogP contribution in [-0.4, -0.2) is 33.6 Å². The van der Waals surface area contributed by atoms with E-state index in [9.17, 15) is 13.6 Å². The molecule has 2 amide bonds. The maximum absolute atomic E-state index is 13.4. The van der Waals surface area contributed by atoms with Crippen LogP contribution in [-0.2, 0) is 13.1 Å². The first-order chi connectivity index (χ1) is 12.4. The zero-order chi connectivity index (χ0) is 19.1. The lowest BCUT2D eigenvalue weighted by atomic mass is 10.2. The van der Waals surface area contributed by atoms with E-state index in [0.29, 0.717) is 43.5 Å². The van der Waals surface area contributed by atoms with Gasteiger partial charge >= 0.3 is 6.03 Å². The molecule has 1 aromatic carbocycles. The molecule has 0 aliphatic carbocycles. The Labute approximate surface area is 153 Å². The first kappa shape index (κ1) is 19.9. The molecule has 0 aliphatic heterocycles. The van der Waals surface area contributed by atoms with Gasteiger partial charge in [-0.3, -0.25) is 0 Å². The van der Waals surface area contributed by atoms with Crippen LogP contribution in [0.15, 0.2) is 30.6 Å². The number of nitrogens with one attached hydrogen (secondary N) is 1. The highest BCUT2D eigenvalue weighted by Crippen LogP contribution is 2.13. The summed E-state index contributed by atoms with van der Waals surface area (Å²) in [7, 11) is 0. The molecule has 0 saturated carbocycles. The number of nitrogens with zero attached hydrogens (tertiary/aromatic N) is 3. The van der Waals surface area contributed by atoms with Crippen LogP contribution in [0.25, 0.3) is 0 Å². The molecule has 0 saturated heterocycles. The summed E-state index contributed by atoms with van der Waals surface area (Å²) in [5.74, 6) is -0.723. The van der Waals surface area contributed by atoms with Crippen LogP contribution in [0.1, 0.15) is 38.6 Å². The molecule has 0 spiro atoms. The van der Waals surface area contributed by atoms with Crippen molar-refractivity contribution in [2.24, 2.45) is 5.92 Å². The van der Waals surface area contributed by atoms with Crippen molar-refractivity contribution >= 4 is 6.03 Å². The van der Waals surface area contributed by atoms with E-state index < -0.39 is 11.6 Å². The quantitative estimate of drug-likeness (QED) is 0.775. The Morgan fingerprint density at radius 2 is 2.08 bits per heavy atom. The van der Waals surface area contributed by atoms with E-state index in [2.05, 4.69) is 10.3 Å². The van der Waals surface area contributed by atoms with Gasteiger partial charge < -0.3 is 14.8 Å². The van der Waals surface area contributed by atoms with Crippen molar-refractivity contribution < 1.29 is 13.6 Å². The molecular formula is C19H26F2N4O. The van der Waals surface area contributed by atoms with E-state index in [1.807, 2.05) is 25.3 Å². The molecule has 1 heterocycles. The number of imidazole rings is 1. The summed E-state index contributed by atoms with van der Waals surface area (Å²) in [5.41, 5.74) is 0.633. The number of rotatable bonds is 8. The summed E-state index contributed by atoms with van der Waals surface area (Å²) < 4.78 is 28.4. The number of hydrogen-bond acceptors (Lipinski definition) is 2. The summed E-state index contributed by atoms with van der Waals surface area (Å²) >= 11 is 0. The summed E-state index contributed by atoms with van der Waals surface area (Å²) in [5, 5.41) is 2.89. The smallest absolute Gasteiger partial charge is 0.317 e. The molecule has 1 aromatic heterocycles. The number of carbonyl (C=O) groups is 1. The van der Waals surface area contributed by atoms with Crippen LogP contribution in [0.2, 0.25) is 0 Å². The number of halogens is 2. The molecule has 0 aliphatic rings. The van der Waals surface area contributed by atoms with Gasteiger partial charge in [-0.1, -0.05) is 26.8 Å². The number of benzene rings is 1. The van der Waals surface area contributed by atoms with Gasteiger partial charge in [-0.05, 0) is 30.0 Å². The predicted molar refractivity (Wildman–Crippen MR) is 96.6 cm³/mol. The van der Waals surface area contributed by atoms with Crippen LogP contribution in [0.5, 0.6) is 0 Å². The highest BCUT2D eigenvalue weighted by atomic mass is 19.2. The summed E-state index contributed by atoms with van der Waals surface area (Å²) in [4.78, 5) is 18.5. The van der Waals surface area contributed by atoms with E-state index in [1.165, 1.54) is 6.07 Å². The zero-order valence-electron chi connectivity index (χ0n) is 15.5. The van der Waals surface area contributed by atoms with Gasteiger partial charge in [0, 0.05) is 32.0 Å². The monoisotopic (exact) mass is 364 g/mol. The van der Waals surface area contributed by atoms with Crippen molar-refractivity contribution in [3.8, 4) is 0 Å². The van der Waals surface area contributed by atoms with E-state index in [0.717, 1.165) is 12.5 Å². The van der Waals surface area contributed by atoms with Gasteiger partial charge in [0.15, 0.2) is 11.6 Å². The third-order valence-corrected chi connectivity index (χ3v) is 3.87. The average molecular weight is 364 g/mol. The molecule has 1 N–H and O–H groups in total. The second-order valence-corrected chi connectivity index (χ2v) is 6.73. The summed E-state index contributed by atoms with van der Waals surface area (Å²) in [6.45, 7) is 8.04. The van der Waals surface area contributed by atoms with Gasteiger partial charge in [0.1, 0.15) is 5.82 Å². The molecule has 0 radical (unpaired) electrons. The third-order valence-electron chi connectivity index (χ3n) is 3.87. The lowest BCUT2D eigenvalue weighted by Crippen LogP contribution is -2.42. The van der Waals surface area contributed by atoms with Crippen molar-refractivity contribution in [1.82, 2.24) is 19.8 Å². The second-order valence-electron chi connectivity index (χ2n) is 6.73. The fourth-order valence-electron chi connectivity index (χ4n) is 2.64. The molecule has 26 heavy (non-hydrogen) atoms. The number of urea groups is 1. The number of amides is 2.